The van der Waals surface area contributed by atoms with Gasteiger partial charge in [0.15, 0.2) is 11.5 Å². The van der Waals surface area contributed by atoms with Gasteiger partial charge in [-0.15, -0.1) is 0 Å². The third-order valence-corrected chi connectivity index (χ3v) is 3.75. The summed E-state index contributed by atoms with van der Waals surface area (Å²) in [7, 11) is 1.64. The standard InChI is InChI=1S/C17H19Cl2NO2/c1-11(2)22-16-7-4-12(8-17(16)21-3)10-20-13-5-6-14(18)15(19)9-13/h4-9,11,20H,10H2,1-3H3. The minimum Gasteiger partial charge on any atom is -0.493 e. The van der Waals surface area contributed by atoms with Crippen LogP contribution < -0.4 is 14.8 Å². The van der Waals surface area contributed by atoms with E-state index in [0.717, 1.165) is 22.7 Å². The van der Waals surface area contributed by atoms with E-state index in [1.165, 1.54) is 0 Å². The summed E-state index contributed by atoms with van der Waals surface area (Å²) in [5, 5.41) is 4.38. The lowest BCUT2D eigenvalue weighted by molar-refractivity contribution is 0.230. The van der Waals surface area contributed by atoms with Gasteiger partial charge in [0.05, 0.1) is 23.3 Å². The van der Waals surface area contributed by atoms with Crippen LogP contribution in [-0.4, -0.2) is 13.2 Å². The molecule has 2 aromatic rings. The zero-order valence-corrected chi connectivity index (χ0v) is 14.3. The average Bonchev–Trinajstić information content (AvgIpc) is 2.49. The molecule has 0 aromatic heterocycles. The van der Waals surface area contributed by atoms with Crippen molar-refractivity contribution < 1.29 is 9.47 Å². The highest BCUT2D eigenvalue weighted by Crippen LogP contribution is 2.30. The smallest absolute Gasteiger partial charge is 0.161 e. The fourth-order valence-corrected chi connectivity index (χ4v) is 2.28. The summed E-state index contributed by atoms with van der Waals surface area (Å²) in [6.07, 6.45) is 0.106. The molecule has 0 radical (unpaired) electrons. The molecule has 22 heavy (non-hydrogen) atoms. The Morgan fingerprint density at radius 2 is 1.77 bits per heavy atom. The molecule has 0 heterocycles. The molecule has 2 aromatic carbocycles. The van der Waals surface area contributed by atoms with Crippen molar-refractivity contribution in [1.82, 2.24) is 0 Å². The predicted molar refractivity (Wildman–Crippen MR) is 92.5 cm³/mol. The maximum absolute atomic E-state index is 6.00. The second-order valence-corrected chi connectivity index (χ2v) is 5.95. The highest BCUT2D eigenvalue weighted by atomic mass is 35.5. The van der Waals surface area contributed by atoms with Gasteiger partial charge in [0, 0.05) is 12.2 Å². The lowest BCUT2D eigenvalue weighted by Gasteiger charge is -2.15. The number of ether oxygens (including phenoxy) is 2. The lowest BCUT2D eigenvalue weighted by Crippen LogP contribution is -2.07. The van der Waals surface area contributed by atoms with E-state index in [1.807, 2.05) is 38.1 Å². The van der Waals surface area contributed by atoms with Crippen LogP contribution in [0.3, 0.4) is 0 Å². The third-order valence-electron chi connectivity index (χ3n) is 3.01. The maximum atomic E-state index is 6.00. The van der Waals surface area contributed by atoms with Crippen LogP contribution in [0.2, 0.25) is 10.0 Å². The maximum Gasteiger partial charge on any atom is 0.161 e. The first-order valence-corrected chi connectivity index (χ1v) is 7.77. The highest BCUT2D eigenvalue weighted by molar-refractivity contribution is 6.42. The Balaban J connectivity index is 2.08. The lowest BCUT2D eigenvalue weighted by atomic mass is 10.2. The summed E-state index contributed by atoms with van der Waals surface area (Å²) in [6.45, 7) is 4.62. The van der Waals surface area contributed by atoms with E-state index in [2.05, 4.69) is 5.32 Å². The van der Waals surface area contributed by atoms with Crippen molar-refractivity contribution in [1.29, 1.82) is 0 Å². The van der Waals surface area contributed by atoms with Gasteiger partial charge < -0.3 is 14.8 Å². The molecule has 0 saturated carbocycles. The number of halogens is 2. The van der Waals surface area contributed by atoms with E-state index in [-0.39, 0.29) is 6.10 Å². The Bertz CT molecular complexity index is 645. The molecular weight excluding hydrogens is 321 g/mol. The molecule has 0 atom stereocenters. The first-order chi connectivity index (χ1) is 10.5. The molecule has 0 amide bonds. The second-order valence-electron chi connectivity index (χ2n) is 5.13. The van der Waals surface area contributed by atoms with Crippen LogP contribution in [0.1, 0.15) is 19.4 Å². The minimum atomic E-state index is 0.106. The Morgan fingerprint density at radius 3 is 2.41 bits per heavy atom. The van der Waals surface area contributed by atoms with E-state index in [9.17, 15) is 0 Å². The van der Waals surface area contributed by atoms with Crippen LogP contribution in [0.5, 0.6) is 11.5 Å². The zero-order valence-electron chi connectivity index (χ0n) is 12.8. The summed E-state index contributed by atoms with van der Waals surface area (Å²) < 4.78 is 11.1. The van der Waals surface area contributed by atoms with Gasteiger partial charge in [-0.05, 0) is 49.7 Å². The minimum absolute atomic E-state index is 0.106. The number of hydrogen-bond acceptors (Lipinski definition) is 3. The molecule has 118 valence electrons. The fourth-order valence-electron chi connectivity index (χ4n) is 1.98. The monoisotopic (exact) mass is 339 g/mol. The number of rotatable bonds is 6. The molecule has 5 heteroatoms. The number of anilines is 1. The summed E-state index contributed by atoms with van der Waals surface area (Å²) >= 11 is 11.9. The molecule has 1 N–H and O–H groups in total. The third kappa shape index (κ3) is 4.46. The van der Waals surface area contributed by atoms with Gasteiger partial charge in [-0.3, -0.25) is 0 Å². The van der Waals surface area contributed by atoms with E-state index in [4.69, 9.17) is 32.7 Å². The van der Waals surface area contributed by atoms with Crippen LogP contribution in [-0.2, 0) is 6.54 Å². The van der Waals surface area contributed by atoms with Gasteiger partial charge >= 0.3 is 0 Å². The van der Waals surface area contributed by atoms with Gasteiger partial charge in [0.1, 0.15) is 0 Å². The van der Waals surface area contributed by atoms with Gasteiger partial charge in [-0.25, -0.2) is 0 Å². The molecule has 2 rings (SSSR count). The Hall–Kier alpha value is -1.58. The first-order valence-electron chi connectivity index (χ1n) is 7.02. The molecule has 0 saturated heterocycles. The molecule has 0 aliphatic carbocycles. The van der Waals surface area contributed by atoms with Crippen LogP contribution in [0.25, 0.3) is 0 Å². The highest BCUT2D eigenvalue weighted by Gasteiger charge is 2.07. The van der Waals surface area contributed by atoms with E-state index < -0.39 is 0 Å². The number of benzene rings is 2. The van der Waals surface area contributed by atoms with Crippen molar-refractivity contribution in [3.63, 3.8) is 0 Å². The van der Waals surface area contributed by atoms with E-state index >= 15 is 0 Å². The van der Waals surface area contributed by atoms with Crippen LogP contribution in [0.4, 0.5) is 5.69 Å². The van der Waals surface area contributed by atoms with Gasteiger partial charge in [0.25, 0.3) is 0 Å². The Kier molecular flexibility index (Phi) is 5.81. The summed E-state index contributed by atoms with van der Waals surface area (Å²) in [5.41, 5.74) is 2.00. The summed E-state index contributed by atoms with van der Waals surface area (Å²) in [5.74, 6) is 1.47. The van der Waals surface area contributed by atoms with E-state index in [1.54, 1.807) is 19.2 Å². The molecule has 0 aliphatic heterocycles. The first kappa shape index (κ1) is 16.8. The number of methoxy groups -OCH3 is 1. The molecule has 3 nitrogen and oxygen atoms in total. The summed E-state index contributed by atoms with van der Waals surface area (Å²) in [6, 6.07) is 11.4. The van der Waals surface area contributed by atoms with Crippen LogP contribution in [0, 0.1) is 0 Å². The van der Waals surface area contributed by atoms with Crippen molar-refractivity contribution in [2.75, 3.05) is 12.4 Å². The van der Waals surface area contributed by atoms with Crippen molar-refractivity contribution in [2.24, 2.45) is 0 Å². The Labute approximate surface area is 141 Å². The topological polar surface area (TPSA) is 30.5 Å². The Morgan fingerprint density at radius 1 is 1.00 bits per heavy atom. The van der Waals surface area contributed by atoms with Crippen molar-refractivity contribution in [3.05, 3.63) is 52.0 Å². The largest absolute Gasteiger partial charge is 0.493 e. The molecule has 0 unspecified atom stereocenters. The fraction of sp³-hybridized carbons (Fsp3) is 0.294. The van der Waals surface area contributed by atoms with Crippen LogP contribution >= 0.6 is 23.2 Å². The quantitative estimate of drug-likeness (QED) is 0.764. The van der Waals surface area contributed by atoms with Crippen molar-refractivity contribution in [2.45, 2.75) is 26.5 Å². The van der Waals surface area contributed by atoms with Gasteiger partial charge in [-0.1, -0.05) is 29.3 Å². The number of hydrogen-bond donors (Lipinski definition) is 1. The second kappa shape index (κ2) is 7.61. The van der Waals surface area contributed by atoms with Crippen molar-refractivity contribution >= 4 is 28.9 Å². The molecule has 0 spiro atoms. The van der Waals surface area contributed by atoms with Crippen molar-refractivity contribution in [3.8, 4) is 11.5 Å². The molecular formula is C17H19Cl2NO2. The molecule has 0 aliphatic rings. The zero-order chi connectivity index (χ0) is 16.1. The normalized spacial score (nSPS) is 10.6. The van der Waals surface area contributed by atoms with E-state index in [0.29, 0.717) is 16.6 Å². The SMILES string of the molecule is COc1cc(CNc2ccc(Cl)c(Cl)c2)ccc1OC(C)C. The average molecular weight is 340 g/mol. The van der Waals surface area contributed by atoms with Gasteiger partial charge in [-0.2, -0.15) is 0 Å². The summed E-state index contributed by atoms with van der Waals surface area (Å²) in [4.78, 5) is 0. The van der Waals surface area contributed by atoms with Gasteiger partial charge in [0.2, 0.25) is 0 Å². The number of nitrogens with one attached hydrogen (secondary N) is 1. The molecule has 0 fully saturated rings. The predicted octanol–water partition coefficient (Wildman–Crippen LogP) is 5.40. The van der Waals surface area contributed by atoms with Crippen LogP contribution in [0.15, 0.2) is 36.4 Å². The molecule has 0 bridgehead atoms.